The minimum atomic E-state index is -0.351. The Morgan fingerprint density at radius 1 is 0.293 bits per heavy atom. The third kappa shape index (κ3) is 4.46. The zero-order valence-corrected chi connectivity index (χ0v) is 33.1. The van der Waals surface area contributed by atoms with Gasteiger partial charge in [-0.15, -0.1) is 22.7 Å². The van der Waals surface area contributed by atoms with Gasteiger partial charge in [0.05, 0.1) is 5.41 Å². The van der Waals surface area contributed by atoms with Crippen LogP contribution in [0.1, 0.15) is 22.3 Å². The molecule has 2 heterocycles. The van der Waals surface area contributed by atoms with Crippen LogP contribution in [0.5, 0.6) is 0 Å². The van der Waals surface area contributed by atoms with Crippen LogP contribution in [0.25, 0.3) is 73.7 Å². The number of rotatable bonds is 4. The summed E-state index contributed by atoms with van der Waals surface area (Å²) in [7, 11) is 0. The van der Waals surface area contributed by atoms with Crippen molar-refractivity contribution in [3.05, 3.63) is 222 Å². The third-order valence-electron chi connectivity index (χ3n) is 13.0. The summed E-state index contributed by atoms with van der Waals surface area (Å²) < 4.78 is 5.36. The maximum absolute atomic E-state index is 2.49. The van der Waals surface area contributed by atoms with E-state index < -0.39 is 0 Å². The summed E-state index contributed by atoms with van der Waals surface area (Å²) in [5, 5.41) is 5.35. The molecule has 1 spiro atoms. The van der Waals surface area contributed by atoms with Gasteiger partial charge in [-0.3, -0.25) is 0 Å². The molecule has 0 nitrogen and oxygen atoms in total. The van der Waals surface area contributed by atoms with Crippen LogP contribution in [-0.4, -0.2) is 6.71 Å². The van der Waals surface area contributed by atoms with Crippen LogP contribution in [0.3, 0.4) is 0 Å². The Kier molecular flexibility index (Phi) is 6.87. The molecule has 0 atom stereocenters. The SMILES string of the molecule is c1ccc2c(c1)-c1ccccc1C21c2ccccc2-c2ccc(-c3ccc(B(c4ccc5c(c4)sc4ccccc45)c4ccc5c(c4)sc4ccccc45)cc3)cc21. The second kappa shape index (κ2) is 12.2. The first-order chi connectivity index (χ1) is 28.7. The second-order valence-electron chi connectivity index (χ2n) is 15.9. The molecule has 0 N–H and O–H groups in total. The first-order valence-corrected chi connectivity index (χ1v) is 21.7. The second-order valence-corrected chi connectivity index (χ2v) is 18.1. The van der Waals surface area contributed by atoms with E-state index in [4.69, 9.17) is 0 Å². The van der Waals surface area contributed by atoms with Crippen molar-refractivity contribution in [2.45, 2.75) is 5.41 Å². The molecule has 0 saturated carbocycles. The topological polar surface area (TPSA) is 0 Å². The van der Waals surface area contributed by atoms with Crippen molar-refractivity contribution in [3.63, 3.8) is 0 Å². The molecule has 0 bridgehead atoms. The molecule has 0 saturated heterocycles. The average molecular weight is 769 g/mol. The van der Waals surface area contributed by atoms with Crippen LogP contribution in [-0.2, 0) is 5.41 Å². The lowest BCUT2D eigenvalue weighted by Gasteiger charge is -2.30. The lowest BCUT2D eigenvalue weighted by Crippen LogP contribution is -2.51. The van der Waals surface area contributed by atoms with E-state index in [1.165, 1.54) is 112 Å². The standard InChI is InChI=1S/C55H33BS2/c1-6-16-47-39(11-1)40-12-2-7-17-48(40)55(47)49-18-8-3-13-41(49)42-28-23-35(31-50(42)55)34-21-24-36(25-22-34)56(37-26-29-45-43-14-4-9-19-51(43)57-53(45)32-37)38-27-30-46-44-15-5-10-20-52(44)58-54(46)33-38/h1-33H. The third-order valence-corrected chi connectivity index (χ3v) is 15.3. The van der Waals surface area contributed by atoms with Gasteiger partial charge in [0.15, 0.2) is 0 Å². The fourth-order valence-electron chi connectivity index (χ4n) is 10.6. The summed E-state index contributed by atoms with van der Waals surface area (Å²) in [6, 6.07) is 75.8. The highest BCUT2D eigenvalue weighted by Gasteiger charge is 2.51. The molecule has 2 aromatic heterocycles. The van der Waals surface area contributed by atoms with E-state index in [1.54, 1.807) is 0 Å². The molecule has 0 amide bonds. The van der Waals surface area contributed by atoms with E-state index >= 15 is 0 Å². The minimum Gasteiger partial charge on any atom is -0.135 e. The lowest BCUT2D eigenvalue weighted by atomic mass is 9.37. The molecule has 2 aliphatic carbocycles. The molecule has 3 heteroatoms. The van der Waals surface area contributed by atoms with Gasteiger partial charge in [-0.1, -0.05) is 186 Å². The summed E-state index contributed by atoms with van der Waals surface area (Å²) in [4.78, 5) is 0. The van der Waals surface area contributed by atoms with Crippen LogP contribution in [0.4, 0.5) is 0 Å². The molecule has 0 radical (unpaired) electrons. The Morgan fingerprint density at radius 3 is 1.24 bits per heavy atom. The smallest absolute Gasteiger partial charge is 0.135 e. The molecule has 2 aliphatic rings. The predicted molar refractivity (Wildman–Crippen MR) is 251 cm³/mol. The van der Waals surface area contributed by atoms with Crippen LogP contribution in [0.15, 0.2) is 200 Å². The van der Waals surface area contributed by atoms with E-state index in [0.717, 1.165) is 0 Å². The van der Waals surface area contributed by atoms with Gasteiger partial charge in [-0.25, -0.2) is 0 Å². The van der Waals surface area contributed by atoms with Crippen molar-refractivity contribution in [2.75, 3.05) is 0 Å². The van der Waals surface area contributed by atoms with Gasteiger partial charge in [0.25, 0.3) is 0 Å². The zero-order valence-electron chi connectivity index (χ0n) is 31.4. The monoisotopic (exact) mass is 768 g/mol. The van der Waals surface area contributed by atoms with Crippen LogP contribution in [0, 0.1) is 0 Å². The lowest BCUT2D eigenvalue weighted by molar-refractivity contribution is 0.794. The Labute approximate surface area is 345 Å². The van der Waals surface area contributed by atoms with E-state index in [0.29, 0.717) is 0 Å². The van der Waals surface area contributed by atoms with E-state index in [-0.39, 0.29) is 12.1 Å². The molecule has 0 unspecified atom stereocenters. The minimum absolute atomic E-state index is 0.0857. The van der Waals surface area contributed by atoms with Crippen LogP contribution >= 0.6 is 22.7 Å². The number of fused-ring (bicyclic) bond motifs is 16. The van der Waals surface area contributed by atoms with Gasteiger partial charge in [0, 0.05) is 40.3 Å². The van der Waals surface area contributed by atoms with Crippen LogP contribution < -0.4 is 16.4 Å². The van der Waals surface area contributed by atoms with E-state index in [2.05, 4.69) is 200 Å². The molecule has 0 fully saturated rings. The molecular formula is C55H33BS2. The number of thiophene rings is 2. The summed E-state index contributed by atoms with van der Waals surface area (Å²) in [5.41, 5.74) is 16.9. The largest absolute Gasteiger partial charge is 0.241 e. The Balaban J connectivity index is 0.963. The van der Waals surface area contributed by atoms with Crippen molar-refractivity contribution in [1.29, 1.82) is 0 Å². The molecule has 11 aromatic rings. The molecule has 58 heavy (non-hydrogen) atoms. The normalized spacial score (nSPS) is 13.3. The number of benzene rings is 9. The van der Waals surface area contributed by atoms with Crippen molar-refractivity contribution >= 4 is 86.1 Å². The highest BCUT2D eigenvalue weighted by Crippen LogP contribution is 2.63. The summed E-state index contributed by atoms with van der Waals surface area (Å²) in [5.74, 6) is 0. The van der Waals surface area contributed by atoms with Gasteiger partial charge in [-0.2, -0.15) is 0 Å². The summed E-state index contributed by atoms with van der Waals surface area (Å²) in [6.07, 6.45) is 0. The Bertz CT molecular complexity index is 3300. The molecule has 9 aromatic carbocycles. The average Bonchev–Trinajstić information content (AvgIpc) is 4.01. The fourth-order valence-corrected chi connectivity index (χ4v) is 12.9. The van der Waals surface area contributed by atoms with Gasteiger partial charge < -0.3 is 0 Å². The maximum Gasteiger partial charge on any atom is 0.241 e. The van der Waals surface area contributed by atoms with Crippen molar-refractivity contribution in [2.24, 2.45) is 0 Å². The van der Waals surface area contributed by atoms with Gasteiger partial charge in [0.1, 0.15) is 0 Å². The number of hydrogen-bond donors (Lipinski definition) is 0. The van der Waals surface area contributed by atoms with Crippen molar-refractivity contribution in [3.8, 4) is 33.4 Å². The first-order valence-electron chi connectivity index (χ1n) is 20.1. The highest BCUT2D eigenvalue weighted by molar-refractivity contribution is 7.26. The van der Waals surface area contributed by atoms with Crippen molar-refractivity contribution < 1.29 is 0 Å². The maximum atomic E-state index is 2.49. The first kappa shape index (κ1) is 32.6. The molecular weight excluding hydrogens is 736 g/mol. The quantitative estimate of drug-likeness (QED) is 0.156. The Morgan fingerprint density at radius 2 is 0.707 bits per heavy atom. The highest BCUT2D eigenvalue weighted by atomic mass is 32.1. The van der Waals surface area contributed by atoms with Gasteiger partial charge in [-0.05, 0) is 86.0 Å². The Hall–Kier alpha value is -6.52. The predicted octanol–water partition coefficient (Wildman–Crippen LogP) is 12.9. The zero-order chi connectivity index (χ0) is 38.0. The molecule has 0 aliphatic heterocycles. The number of hydrogen-bond acceptors (Lipinski definition) is 2. The summed E-state index contributed by atoms with van der Waals surface area (Å²) in [6.45, 7) is 0.0857. The van der Waals surface area contributed by atoms with Gasteiger partial charge in [0.2, 0.25) is 6.71 Å². The van der Waals surface area contributed by atoms with E-state index in [9.17, 15) is 0 Å². The molecule has 268 valence electrons. The van der Waals surface area contributed by atoms with Gasteiger partial charge >= 0.3 is 0 Å². The molecule has 13 rings (SSSR count). The summed E-state index contributed by atoms with van der Waals surface area (Å²) >= 11 is 3.79. The van der Waals surface area contributed by atoms with Crippen molar-refractivity contribution in [1.82, 2.24) is 0 Å². The van der Waals surface area contributed by atoms with Crippen LogP contribution in [0.2, 0.25) is 0 Å². The van der Waals surface area contributed by atoms with E-state index in [1.807, 2.05) is 22.7 Å². The fraction of sp³-hybridized carbons (Fsp3) is 0.0182.